The van der Waals surface area contributed by atoms with Gasteiger partial charge in [-0.05, 0) is 24.3 Å². The van der Waals surface area contributed by atoms with Crippen LogP contribution in [0.3, 0.4) is 0 Å². The Morgan fingerprint density at radius 2 is 1.88 bits per heavy atom. The van der Waals surface area contributed by atoms with Gasteiger partial charge in [-0.15, -0.1) is 0 Å². The minimum atomic E-state index is 0.302. The first-order chi connectivity index (χ1) is 8.25. The molecule has 0 aromatic heterocycles. The van der Waals surface area contributed by atoms with Crippen molar-refractivity contribution in [3.8, 4) is 0 Å². The molecule has 92 valence electrons. The van der Waals surface area contributed by atoms with Crippen LogP contribution in [0.4, 0.5) is 0 Å². The monoisotopic (exact) mass is 231 g/mol. The van der Waals surface area contributed by atoms with E-state index in [9.17, 15) is 0 Å². The molecule has 3 heteroatoms. The van der Waals surface area contributed by atoms with Crippen LogP contribution in [0.15, 0.2) is 30.3 Å². The van der Waals surface area contributed by atoms with Crippen molar-refractivity contribution in [1.82, 2.24) is 10.9 Å². The summed E-state index contributed by atoms with van der Waals surface area (Å²) in [5.41, 5.74) is 14.6. The Morgan fingerprint density at radius 1 is 1.12 bits per heavy atom. The number of hydrogen-bond donors (Lipinski definition) is 3. The lowest BCUT2D eigenvalue weighted by atomic mass is 9.73. The molecular formula is C14H21N3. The van der Waals surface area contributed by atoms with Gasteiger partial charge in [0.15, 0.2) is 0 Å². The van der Waals surface area contributed by atoms with Crippen LogP contribution in [0.5, 0.6) is 0 Å². The molecule has 1 aromatic rings. The van der Waals surface area contributed by atoms with Gasteiger partial charge in [0.2, 0.25) is 0 Å². The molecule has 1 saturated heterocycles. The van der Waals surface area contributed by atoms with Crippen molar-refractivity contribution in [2.75, 3.05) is 0 Å². The second-order valence-corrected chi connectivity index (χ2v) is 5.60. The first-order valence-corrected chi connectivity index (χ1v) is 6.57. The normalized spacial score (nSPS) is 41.2. The Bertz CT molecular complexity index is 378. The Morgan fingerprint density at radius 3 is 2.65 bits per heavy atom. The molecule has 1 heterocycles. The first kappa shape index (κ1) is 11.2. The van der Waals surface area contributed by atoms with Gasteiger partial charge in [-0.3, -0.25) is 5.43 Å². The molecule has 1 aromatic carbocycles. The zero-order chi connectivity index (χ0) is 11.8. The Hall–Kier alpha value is -0.900. The highest BCUT2D eigenvalue weighted by molar-refractivity contribution is 5.22. The fourth-order valence-corrected chi connectivity index (χ4v) is 3.50. The van der Waals surface area contributed by atoms with E-state index in [1.807, 2.05) is 0 Å². The maximum atomic E-state index is 6.36. The Labute approximate surface area is 103 Å². The lowest BCUT2D eigenvalue weighted by Gasteiger charge is -2.36. The number of hydrazine groups is 1. The molecule has 2 fully saturated rings. The highest BCUT2D eigenvalue weighted by Crippen LogP contribution is 2.39. The molecule has 3 rings (SSSR count). The van der Waals surface area contributed by atoms with Gasteiger partial charge in [-0.2, -0.15) is 0 Å². The summed E-state index contributed by atoms with van der Waals surface area (Å²) in [5.74, 6) is 1.25. The summed E-state index contributed by atoms with van der Waals surface area (Å²) in [6.07, 6.45) is 2.38. The molecule has 0 bridgehead atoms. The SMILES string of the molecule is CC1CC(N)C2C(C1)NNC2c1ccccc1. The van der Waals surface area contributed by atoms with Gasteiger partial charge >= 0.3 is 0 Å². The molecule has 1 aliphatic heterocycles. The second-order valence-electron chi connectivity index (χ2n) is 5.60. The van der Waals surface area contributed by atoms with Crippen molar-refractivity contribution in [3.05, 3.63) is 35.9 Å². The van der Waals surface area contributed by atoms with Gasteiger partial charge in [-0.25, -0.2) is 5.43 Å². The van der Waals surface area contributed by atoms with E-state index in [4.69, 9.17) is 5.73 Å². The third-order valence-electron chi connectivity index (χ3n) is 4.26. The van der Waals surface area contributed by atoms with Crippen LogP contribution in [0.1, 0.15) is 31.4 Å². The summed E-state index contributed by atoms with van der Waals surface area (Å²) in [4.78, 5) is 0. The highest BCUT2D eigenvalue weighted by Gasteiger charge is 2.43. The van der Waals surface area contributed by atoms with E-state index < -0.39 is 0 Å². The van der Waals surface area contributed by atoms with E-state index in [2.05, 4.69) is 48.1 Å². The topological polar surface area (TPSA) is 50.1 Å². The fourth-order valence-electron chi connectivity index (χ4n) is 3.50. The third kappa shape index (κ3) is 1.99. The van der Waals surface area contributed by atoms with Crippen LogP contribution >= 0.6 is 0 Å². The average molecular weight is 231 g/mol. The van der Waals surface area contributed by atoms with Crippen molar-refractivity contribution < 1.29 is 0 Å². The first-order valence-electron chi connectivity index (χ1n) is 6.57. The molecule has 2 aliphatic rings. The Balaban J connectivity index is 1.85. The molecule has 17 heavy (non-hydrogen) atoms. The summed E-state index contributed by atoms with van der Waals surface area (Å²) in [6, 6.07) is 11.8. The lowest BCUT2D eigenvalue weighted by Crippen LogP contribution is -2.46. The molecule has 0 spiro atoms. The van der Waals surface area contributed by atoms with Crippen LogP contribution in [0.2, 0.25) is 0 Å². The molecule has 1 saturated carbocycles. The van der Waals surface area contributed by atoms with E-state index in [-0.39, 0.29) is 0 Å². The van der Waals surface area contributed by atoms with Crippen LogP contribution in [-0.2, 0) is 0 Å². The molecule has 0 amide bonds. The maximum absolute atomic E-state index is 6.36. The van der Waals surface area contributed by atoms with Crippen LogP contribution in [0.25, 0.3) is 0 Å². The number of nitrogens with one attached hydrogen (secondary N) is 2. The van der Waals surface area contributed by atoms with Crippen molar-refractivity contribution in [2.24, 2.45) is 17.6 Å². The van der Waals surface area contributed by atoms with Gasteiger partial charge in [0, 0.05) is 18.0 Å². The number of benzene rings is 1. The third-order valence-corrected chi connectivity index (χ3v) is 4.26. The molecule has 4 N–H and O–H groups in total. The summed E-state index contributed by atoms with van der Waals surface area (Å²) in [7, 11) is 0. The molecule has 3 nitrogen and oxygen atoms in total. The lowest BCUT2D eigenvalue weighted by molar-refractivity contribution is 0.215. The highest BCUT2D eigenvalue weighted by atomic mass is 15.4. The van der Waals surface area contributed by atoms with Crippen LogP contribution in [-0.4, -0.2) is 12.1 Å². The minimum Gasteiger partial charge on any atom is -0.327 e. The van der Waals surface area contributed by atoms with E-state index in [1.165, 1.54) is 12.0 Å². The molecule has 1 aliphatic carbocycles. The Kier molecular flexibility index (Phi) is 2.90. The minimum absolute atomic E-state index is 0.302. The van der Waals surface area contributed by atoms with E-state index in [0.717, 1.165) is 12.3 Å². The largest absolute Gasteiger partial charge is 0.327 e. The smallest absolute Gasteiger partial charge is 0.0520 e. The van der Waals surface area contributed by atoms with Gasteiger partial charge in [-0.1, -0.05) is 37.3 Å². The maximum Gasteiger partial charge on any atom is 0.0520 e. The van der Waals surface area contributed by atoms with Crippen molar-refractivity contribution in [3.63, 3.8) is 0 Å². The van der Waals surface area contributed by atoms with E-state index >= 15 is 0 Å². The standard InChI is InChI=1S/C14H21N3/c1-9-7-11(15)13-12(8-9)16-17-14(13)10-5-3-2-4-6-10/h2-6,9,11-14,16-17H,7-8,15H2,1H3. The van der Waals surface area contributed by atoms with Crippen molar-refractivity contribution in [1.29, 1.82) is 0 Å². The predicted molar refractivity (Wildman–Crippen MR) is 69.1 cm³/mol. The molecule has 0 radical (unpaired) electrons. The molecule has 5 atom stereocenters. The summed E-state index contributed by atoms with van der Waals surface area (Å²) >= 11 is 0. The summed E-state index contributed by atoms with van der Waals surface area (Å²) in [6.45, 7) is 2.30. The van der Waals surface area contributed by atoms with Crippen LogP contribution in [0, 0.1) is 11.8 Å². The zero-order valence-electron chi connectivity index (χ0n) is 10.3. The summed E-state index contributed by atoms with van der Waals surface area (Å²) in [5, 5.41) is 0. The second kappa shape index (κ2) is 4.41. The van der Waals surface area contributed by atoms with Gasteiger partial charge in [0.1, 0.15) is 0 Å². The van der Waals surface area contributed by atoms with Gasteiger partial charge in [0.05, 0.1) is 6.04 Å². The van der Waals surface area contributed by atoms with Crippen molar-refractivity contribution in [2.45, 2.75) is 37.9 Å². The number of fused-ring (bicyclic) bond motifs is 1. The van der Waals surface area contributed by atoms with Crippen LogP contribution < -0.4 is 16.6 Å². The number of hydrogen-bond acceptors (Lipinski definition) is 3. The molecule has 5 unspecified atom stereocenters. The number of rotatable bonds is 1. The average Bonchev–Trinajstić information content (AvgIpc) is 2.74. The fraction of sp³-hybridized carbons (Fsp3) is 0.571. The van der Waals surface area contributed by atoms with E-state index in [0.29, 0.717) is 24.0 Å². The van der Waals surface area contributed by atoms with Gasteiger partial charge < -0.3 is 5.73 Å². The zero-order valence-corrected chi connectivity index (χ0v) is 10.3. The predicted octanol–water partition coefficient (Wildman–Crippen LogP) is 1.58. The quantitative estimate of drug-likeness (QED) is 0.688. The summed E-state index contributed by atoms with van der Waals surface area (Å²) < 4.78 is 0. The van der Waals surface area contributed by atoms with Gasteiger partial charge in [0.25, 0.3) is 0 Å². The number of nitrogens with two attached hydrogens (primary N) is 1. The molecular weight excluding hydrogens is 210 g/mol. The van der Waals surface area contributed by atoms with Crippen molar-refractivity contribution >= 4 is 0 Å². The van der Waals surface area contributed by atoms with E-state index in [1.54, 1.807) is 0 Å².